The molecule has 0 unspecified atom stereocenters. The number of nitrogens with zero attached hydrogens (tertiary/aromatic N) is 5. The molecule has 1 amide bonds. The number of carbonyl (C=O) groups is 1. The van der Waals surface area contributed by atoms with E-state index in [1.807, 2.05) is 37.5 Å². The number of amides is 1. The first-order chi connectivity index (χ1) is 13.1. The summed E-state index contributed by atoms with van der Waals surface area (Å²) in [6.07, 6.45) is 7.75. The lowest BCUT2D eigenvalue weighted by Gasteiger charge is -2.17. The second-order valence-corrected chi connectivity index (χ2v) is 6.98. The van der Waals surface area contributed by atoms with Gasteiger partial charge in [0.25, 0.3) is 5.91 Å². The molecule has 1 atom stereocenters. The van der Waals surface area contributed by atoms with E-state index in [-0.39, 0.29) is 11.9 Å². The predicted molar refractivity (Wildman–Crippen MR) is 104 cm³/mol. The van der Waals surface area contributed by atoms with Crippen molar-refractivity contribution in [1.29, 1.82) is 0 Å². The van der Waals surface area contributed by atoms with E-state index in [2.05, 4.69) is 25.3 Å². The quantitative estimate of drug-likeness (QED) is 0.750. The number of carbonyl (C=O) groups excluding carboxylic acids is 1. The number of aromatic nitrogens is 4. The maximum Gasteiger partial charge on any atom is 0.272 e. The highest BCUT2D eigenvalue weighted by molar-refractivity contribution is 6.30. The van der Waals surface area contributed by atoms with Crippen LogP contribution in [-0.2, 0) is 7.05 Å². The van der Waals surface area contributed by atoms with E-state index in [0.29, 0.717) is 17.3 Å². The Kier molecular flexibility index (Phi) is 4.77. The molecule has 0 saturated carbocycles. The lowest BCUT2D eigenvalue weighted by molar-refractivity contribution is 0.0935. The second-order valence-electron chi connectivity index (χ2n) is 6.54. The van der Waals surface area contributed by atoms with Crippen molar-refractivity contribution < 1.29 is 4.79 Å². The summed E-state index contributed by atoms with van der Waals surface area (Å²) in [5, 5.41) is 8.08. The van der Waals surface area contributed by atoms with Gasteiger partial charge in [-0.1, -0.05) is 11.6 Å². The molecule has 0 aliphatic carbocycles. The van der Waals surface area contributed by atoms with Crippen molar-refractivity contribution in [1.82, 2.24) is 25.1 Å². The largest absolute Gasteiger partial charge is 0.354 e. The highest BCUT2D eigenvalue weighted by Gasteiger charge is 2.27. The summed E-state index contributed by atoms with van der Waals surface area (Å²) in [5.41, 5.74) is 2.14. The molecule has 1 aliphatic heterocycles. The van der Waals surface area contributed by atoms with Crippen LogP contribution in [-0.4, -0.2) is 44.8 Å². The van der Waals surface area contributed by atoms with Gasteiger partial charge < -0.3 is 10.2 Å². The average molecular weight is 383 g/mol. The Morgan fingerprint density at radius 3 is 2.81 bits per heavy atom. The molecule has 1 aliphatic rings. The van der Waals surface area contributed by atoms with Crippen molar-refractivity contribution in [3.8, 4) is 11.1 Å². The maximum absolute atomic E-state index is 12.8. The molecule has 4 rings (SSSR count). The topological polar surface area (TPSA) is 75.9 Å². The van der Waals surface area contributed by atoms with E-state index in [4.69, 9.17) is 11.6 Å². The van der Waals surface area contributed by atoms with Gasteiger partial charge in [-0.3, -0.25) is 14.5 Å². The van der Waals surface area contributed by atoms with E-state index >= 15 is 0 Å². The fourth-order valence-corrected chi connectivity index (χ4v) is 3.41. The third kappa shape index (κ3) is 3.78. The Balaban J connectivity index is 1.47. The Morgan fingerprint density at radius 1 is 1.26 bits per heavy atom. The summed E-state index contributed by atoms with van der Waals surface area (Å²) in [5.74, 6) is 0.699. The van der Waals surface area contributed by atoms with E-state index in [1.54, 1.807) is 23.3 Å². The van der Waals surface area contributed by atoms with E-state index in [1.165, 1.54) is 0 Å². The van der Waals surface area contributed by atoms with Gasteiger partial charge in [-0.25, -0.2) is 4.98 Å². The molecule has 4 heterocycles. The number of halogens is 1. The van der Waals surface area contributed by atoms with Gasteiger partial charge in [-0.2, -0.15) is 5.10 Å². The highest BCUT2D eigenvalue weighted by Crippen LogP contribution is 2.23. The Bertz CT molecular complexity index is 941. The Labute approximate surface area is 162 Å². The first-order valence-electron chi connectivity index (χ1n) is 8.71. The van der Waals surface area contributed by atoms with Crippen molar-refractivity contribution in [3.05, 3.63) is 59.8 Å². The fraction of sp³-hybridized carbons (Fsp3) is 0.263. The van der Waals surface area contributed by atoms with Gasteiger partial charge in [-0.05, 0) is 36.2 Å². The zero-order chi connectivity index (χ0) is 18.8. The summed E-state index contributed by atoms with van der Waals surface area (Å²) < 4.78 is 1.66. The van der Waals surface area contributed by atoms with Crippen LogP contribution in [0.5, 0.6) is 0 Å². The van der Waals surface area contributed by atoms with Crippen LogP contribution >= 0.6 is 11.6 Å². The smallest absolute Gasteiger partial charge is 0.272 e. The summed E-state index contributed by atoms with van der Waals surface area (Å²) in [6, 6.07) is 7.51. The van der Waals surface area contributed by atoms with Crippen molar-refractivity contribution >= 4 is 23.3 Å². The first-order valence-corrected chi connectivity index (χ1v) is 9.09. The van der Waals surface area contributed by atoms with Crippen molar-refractivity contribution in [2.45, 2.75) is 12.5 Å². The summed E-state index contributed by atoms with van der Waals surface area (Å²) >= 11 is 5.90. The number of hydrogen-bond donors (Lipinski definition) is 1. The van der Waals surface area contributed by atoms with Crippen molar-refractivity contribution in [3.63, 3.8) is 0 Å². The van der Waals surface area contributed by atoms with Crippen molar-refractivity contribution in [2.24, 2.45) is 7.05 Å². The predicted octanol–water partition coefficient (Wildman–Crippen LogP) is 2.54. The molecule has 1 saturated heterocycles. The minimum atomic E-state index is -0.168. The van der Waals surface area contributed by atoms with E-state index in [0.717, 1.165) is 29.9 Å². The third-order valence-electron chi connectivity index (χ3n) is 4.59. The molecule has 0 spiro atoms. The van der Waals surface area contributed by atoms with Crippen LogP contribution in [0.25, 0.3) is 11.1 Å². The molecular weight excluding hydrogens is 364 g/mol. The van der Waals surface area contributed by atoms with Gasteiger partial charge in [0.15, 0.2) is 5.69 Å². The van der Waals surface area contributed by atoms with Gasteiger partial charge in [0.2, 0.25) is 0 Å². The lowest BCUT2D eigenvalue weighted by atomic mass is 10.1. The number of aryl methyl sites for hydroxylation is 1. The van der Waals surface area contributed by atoms with Gasteiger partial charge >= 0.3 is 0 Å². The Hall–Kier alpha value is -2.93. The van der Waals surface area contributed by atoms with Gasteiger partial charge in [0, 0.05) is 56.5 Å². The number of nitrogens with one attached hydrogen (secondary N) is 1. The normalized spacial score (nSPS) is 16.5. The van der Waals surface area contributed by atoms with Gasteiger partial charge in [0.1, 0.15) is 5.82 Å². The molecule has 0 bridgehead atoms. The maximum atomic E-state index is 12.8. The number of pyridine rings is 2. The SMILES string of the molecule is Cn1cc(-c2ccncc2)c(C(=O)N[C@@H]2CCN(c3ccc(Cl)cn3)C2)n1. The molecule has 1 fully saturated rings. The number of rotatable bonds is 4. The van der Waals surface area contributed by atoms with Gasteiger partial charge in [-0.15, -0.1) is 0 Å². The van der Waals surface area contributed by atoms with Crippen LogP contribution in [0.1, 0.15) is 16.9 Å². The van der Waals surface area contributed by atoms with E-state index in [9.17, 15) is 4.79 Å². The molecule has 3 aromatic heterocycles. The van der Waals surface area contributed by atoms with Crippen LogP contribution in [0.15, 0.2) is 49.1 Å². The monoisotopic (exact) mass is 382 g/mol. The Morgan fingerprint density at radius 2 is 2.07 bits per heavy atom. The molecule has 3 aromatic rings. The van der Waals surface area contributed by atoms with Crippen LogP contribution < -0.4 is 10.2 Å². The molecule has 8 heteroatoms. The van der Waals surface area contributed by atoms with Crippen LogP contribution in [0.2, 0.25) is 5.02 Å². The lowest BCUT2D eigenvalue weighted by Crippen LogP contribution is -2.37. The van der Waals surface area contributed by atoms with Crippen molar-refractivity contribution in [2.75, 3.05) is 18.0 Å². The van der Waals surface area contributed by atoms with E-state index < -0.39 is 0 Å². The molecular formula is C19H19ClN6O. The van der Waals surface area contributed by atoms with Crippen LogP contribution in [0.4, 0.5) is 5.82 Å². The summed E-state index contributed by atoms with van der Waals surface area (Å²) in [4.78, 5) is 23.4. The molecule has 0 aromatic carbocycles. The standard InChI is InChI=1S/C19H19ClN6O/c1-25-12-16(13-4-7-21-8-5-13)18(24-25)19(27)23-15-6-9-26(11-15)17-3-2-14(20)10-22-17/h2-5,7-8,10,12,15H,6,9,11H2,1H3,(H,23,27)/t15-/m1/s1. The van der Waals surface area contributed by atoms with Crippen LogP contribution in [0.3, 0.4) is 0 Å². The molecule has 138 valence electrons. The minimum absolute atomic E-state index is 0.0438. The van der Waals surface area contributed by atoms with Gasteiger partial charge in [0.05, 0.1) is 5.02 Å². The fourth-order valence-electron chi connectivity index (χ4n) is 3.29. The first kappa shape index (κ1) is 17.5. The molecule has 27 heavy (non-hydrogen) atoms. The second kappa shape index (κ2) is 7.36. The summed E-state index contributed by atoms with van der Waals surface area (Å²) in [6.45, 7) is 1.54. The average Bonchev–Trinajstić information content (AvgIpc) is 3.30. The minimum Gasteiger partial charge on any atom is -0.354 e. The zero-order valence-corrected chi connectivity index (χ0v) is 15.6. The number of anilines is 1. The molecule has 7 nitrogen and oxygen atoms in total. The van der Waals surface area contributed by atoms with Crippen LogP contribution in [0, 0.1) is 0 Å². The molecule has 0 radical (unpaired) electrons. The number of hydrogen-bond acceptors (Lipinski definition) is 5. The third-order valence-corrected chi connectivity index (χ3v) is 4.82. The highest BCUT2D eigenvalue weighted by atomic mass is 35.5. The molecule has 1 N–H and O–H groups in total. The zero-order valence-electron chi connectivity index (χ0n) is 14.8. The summed E-state index contributed by atoms with van der Waals surface area (Å²) in [7, 11) is 1.81.